The molecule has 2 aromatic carbocycles. The molecule has 0 saturated carbocycles. The standard InChI is InChI=1S/C19H18FNO4/c20-19(18(23)24)10-11-21(13-19)17(22)16-9-5-4-6-14(16)12-25-15-7-2-1-3-8-15/h1-9H,10-13H2,(H,23,24). The molecule has 3 rings (SSSR count). The van der Waals surface area contributed by atoms with Gasteiger partial charge in [-0.15, -0.1) is 0 Å². The van der Waals surface area contributed by atoms with Crippen molar-refractivity contribution in [3.63, 3.8) is 0 Å². The van der Waals surface area contributed by atoms with Crippen molar-refractivity contribution in [2.24, 2.45) is 0 Å². The Balaban J connectivity index is 1.74. The molecule has 0 spiro atoms. The van der Waals surface area contributed by atoms with Crippen LogP contribution in [0.1, 0.15) is 22.3 Å². The summed E-state index contributed by atoms with van der Waals surface area (Å²) in [6.45, 7) is -0.163. The fourth-order valence-electron chi connectivity index (χ4n) is 2.82. The normalized spacial score (nSPS) is 19.6. The van der Waals surface area contributed by atoms with E-state index in [1.165, 1.54) is 4.90 Å². The van der Waals surface area contributed by atoms with Gasteiger partial charge in [0.15, 0.2) is 0 Å². The predicted molar refractivity (Wildman–Crippen MR) is 89.2 cm³/mol. The molecule has 0 aliphatic carbocycles. The number of carboxylic acid groups (broad SMARTS) is 1. The smallest absolute Gasteiger partial charge is 0.343 e. The number of nitrogens with zero attached hydrogens (tertiary/aromatic N) is 1. The van der Waals surface area contributed by atoms with Crippen LogP contribution in [0.4, 0.5) is 4.39 Å². The van der Waals surface area contributed by atoms with Crippen LogP contribution in [0.15, 0.2) is 54.6 Å². The Bertz CT molecular complexity index is 780. The van der Waals surface area contributed by atoms with Gasteiger partial charge in [-0.05, 0) is 18.2 Å². The number of benzene rings is 2. The highest BCUT2D eigenvalue weighted by atomic mass is 19.1. The number of carboxylic acids is 1. The van der Waals surface area contributed by atoms with Crippen LogP contribution in [0.5, 0.6) is 5.75 Å². The number of para-hydroxylation sites is 1. The molecule has 1 N–H and O–H groups in total. The van der Waals surface area contributed by atoms with E-state index < -0.39 is 18.2 Å². The highest BCUT2D eigenvalue weighted by molar-refractivity contribution is 5.96. The Morgan fingerprint density at radius 2 is 1.80 bits per heavy atom. The van der Waals surface area contributed by atoms with Gasteiger partial charge in [-0.2, -0.15) is 0 Å². The molecule has 0 radical (unpaired) electrons. The minimum Gasteiger partial charge on any atom is -0.489 e. The van der Waals surface area contributed by atoms with Gasteiger partial charge in [0.2, 0.25) is 5.67 Å². The van der Waals surface area contributed by atoms with E-state index >= 15 is 0 Å². The summed E-state index contributed by atoms with van der Waals surface area (Å²) in [7, 11) is 0. The fourth-order valence-corrected chi connectivity index (χ4v) is 2.82. The quantitative estimate of drug-likeness (QED) is 0.906. The minimum absolute atomic E-state index is 0.0789. The van der Waals surface area contributed by atoms with E-state index in [-0.39, 0.29) is 25.5 Å². The predicted octanol–water partition coefficient (Wildman–Crippen LogP) is 2.90. The lowest BCUT2D eigenvalue weighted by molar-refractivity contribution is -0.149. The molecular weight excluding hydrogens is 325 g/mol. The fraction of sp³-hybridized carbons (Fsp3) is 0.263. The van der Waals surface area contributed by atoms with Crippen molar-refractivity contribution in [3.8, 4) is 5.75 Å². The van der Waals surface area contributed by atoms with Crippen molar-refractivity contribution in [2.75, 3.05) is 13.1 Å². The molecule has 25 heavy (non-hydrogen) atoms. The molecule has 0 aromatic heterocycles. The van der Waals surface area contributed by atoms with Crippen molar-refractivity contribution in [3.05, 3.63) is 65.7 Å². The van der Waals surface area contributed by atoms with Gasteiger partial charge in [-0.25, -0.2) is 9.18 Å². The zero-order valence-corrected chi connectivity index (χ0v) is 13.5. The summed E-state index contributed by atoms with van der Waals surface area (Å²) >= 11 is 0. The van der Waals surface area contributed by atoms with Crippen LogP contribution >= 0.6 is 0 Å². The van der Waals surface area contributed by atoms with Gasteiger partial charge in [0.05, 0.1) is 6.54 Å². The van der Waals surface area contributed by atoms with Crippen molar-refractivity contribution >= 4 is 11.9 Å². The summed E-state index contributed by atoms with van der Waals surface area (Å²) in [4.78, 5) is 25.0. The first-order valence-electron chi connectivity index (χ1n) is 7.97. The average Bonchev–Trinajstić information content (AvgIpc) is 3.04. The number of rotatable bonds is 5. The number of hydrogen-bond acceptors (Lipinski definition) is 3. The van der Waals surface area contributed by atoms with Crippen molar-refractivity contribution in [1.29, 1.82) is 0 Å². The third-order valence-electron chi connectivity index (χ3n) is 4.28. The second-order valence-corrected chi connectivity index (χ2v) is 6.01. The van der Waals surface area contributed by atoms with E-state index in [0.29, 0.717) is 16.9 Å². The largest absolute Gasteiger partial charge is 0.489 e. The van der Waals surface area contributed by atoms with Crippen LogP contribution < -0.4 is 4.74 Å². The summed E-state index contributed by atoms with van der Waals surface area (Å²) in [5.41, 5.74) is -1.30. The monoisotopic (exact) mass is 343 g/mol. The summed E-state index contributed by atoms with van der Waals surface area (Å²) in [6, 6.07) is 16.1. The SMILES string of the molecule is O=C(c1ccccc1COc1ccccc1)N1CCC(F)(C(=O)O)C1. The van der Waals surface area contributed by atoms with Gasteiger partial charge in [0.25, 0.3) is 5.91 Å². The molecule has 1 fully saturated rings. The third kappa shape index (κ3) is 3.63. The number of carbonyl (C=O) groups excluding carboxylic acids is 1. The lowest BCUT2D eigenvalue weighted by atomic mass is 10.1. The molecule has 5 nitrogen and oxygen atoms in total. The number of ether oxygens (including phenoxy) is 1. The van der Waals surface area contributed by atoms with Gasteiger partial charge in [-0.3, -0.25) is 4.79 Å². The summed E-state index contributed by atoms with van der Waals surface area (Å²) in [5.74, 6) is -1.23. The van der Waals surface area contributed by atoms with Gasteiger partial charge < -0.3 is 14.7 Å². The van der Waals surface area contributed by atoms with Crippen LogP contribution in [0.3, 0.4) is 0 Å². The van der Waals surface area contributed by atoms with Crippen LogP contribution in [0.2, 0.25) is 0 Å². The number of likely N-dealkylation sites (tertiary alicyclic amines) is 1. The molecule has 1 amide bonds. The van der Waals surface area contributed by atoms with E-state index in [2.05, 4.69) is 0 Å². The van der Waals surface area contributed by atoms with E-state index in [1.54, 1.807) is 24.3 Å². The zero-order chi connectivity index (χ0) is 17.9. The first-order valence-corrected chi connectivity index (χ1v) is 7.97. The maximum atomic E-state index is 14.2. The highest BCUT2D eigenvalue weighted by Crippen LogP contribution is 2.28. The average molecular weight is 343 g/mol. The van der Waals surface area contributed by atoms with Crippen molar-refractivity contribution < 1.29 is 23.8 Å². The van der Waals surface area contributed by atoms with Gasteiger partial charge in [0, 0.05) is 24.1 Å². The number of aliphatic carboxylic acids is 1. The third-order valence-corrected chi connectivity index (χ3v) is 4.28. The molecule has 1 heterocycles. The minimum atomic E-state index is -2.37. The summed E-state index contributed by atoms with van der Waals surface area (Å²) in [5, 5.41) is 8.97. The molecule has 1 atom stereocenters. The first kappa shape index (κ1) is 17.0. The Hall–Kier alpha value is -2.89. The van der Waals surface area contributed by atoms with Gasteiger partial charge in [-0.1, -0.05) is 36.4 Å². The van der Waals surface area contributed by atoms with Gasteiger partial charge in [0.1, 0.15) is 12.4 Å². The second-order valence-electron chi connectivity index (χ2n) is 6.01. The van der Waals surface area contributed by atoms with E-state index in [0.717, 1.165) is 0 Å². The number of alkyl halides is 1. The molecule has 1 aliphatic heterocycles. The highest BCUT2D eigenvalue weighted by Gasteiger charge is 2.47. The Labute approximate surface area is 144 Å². The molecule has 1 unspecified atom stereocenters. The number of carbonyl (C=O) groups is 2. The van der Waals surface area contributed by atoms with E-state index in [4.69, 9.17) is 9.84 Å². The van der Waals surface area contributed by atoms with Crippen LogP contribution in [-0.4, -0.2) is 40.6 Å². The molecule has 0 bridgehead atoms. The number of halogens is 1. The maximum absolute atomic E-state index is 14.2. The molecule has 2 aromatic rings. The number of hydrogen-bond donors (Lipinski definition) is 1. The number of amides is 1. The molecule has 1 aliphatic rings. The Kier molecular flexibility index (Phi) is 4.70. The molecular formula is C19H18FNO4. The lowest BCUT2D eigenvalue weighted by Crippen LogP contribution is -2.39. The Morgan fingerprint density at radius 1 is 1.12 bits per heavy atom. The van der Waals surface area contributed by atoms with Crippen molar-refractivity contribution in [1.82, 2.24) is 4.90 Å². The van der Waals surface area contributed by atoms with Crippen LogP contribution in [-0.2, 0) is 11.4 Å². The lowest BCUT2D eigenvalue weighted by Gasteiger charge is -2.19. The van der Waals surface area contributed by atoms with Crippen LogP contribution in [0.25, 0.3) is 0 Å². The second kappa shape index (κ2) is 6.93. The summed E-state index contributed by atoms with van der Waals surface area (Å²) in [6.07, 6.45) is -0.198. The van der Waals surface area contributed by atoms with Crippen LogP contribution in [0, 0.1) is 0 Å². The van der Waals surface area contributed by atoms with Crippen molar-refractivity contribution in [2.45, 2.75) is 18.7 Å². The molecule has 130 valence electrons. The van der Waals surface area contributed by atoms with E-state index in [9.17, 15) is 14.0 Å². The first-order chi connectivity index (χ1) is 12.0. The maximum Gasteiger partial charge on any atom is 0.343 e. The Morgan fingerprint density at radius 3 is 2.48 bits per heavy atom. The zero-order valence-electron chi connectivity index (χ0n) is 13.5. The molecule has 1 saturated heterocycles. The topological polar surface area (TPSA) is 66.8 Å². The molecule has 6 heteroatoms. The van der Waals surface area contributed by atoms with Gasteiger partial charge >= 0.3 is 5.97 Å². The van der Waals surface area contributed by atoms with E-state index in [1.807, 2.05) is 30.3 Å². The summed E-state index contributed by atoms with van der Waals surface area (Å²) < 4.78 is 19.9.